The van der Waals surface area contributed by atoms with Crippen molar-refractivity contribution in [1.29, 1.82) is 0 Å². The molecule has 0 saturated heterocycles. The van der Waals surface area contributed by atoms with Gasteiger partial charge in [0.15, 0.2) is 0 Å². The second-order valence-corrected chi connectivity index (χ2v) is 7.09. The number of carbonyl (C=O) groups excluding carboxylic acids is 3. The van der Waals surface area contributed by atoms with Crippen molar-refractivity contribution in [2.45, 2.75) is 38.1 Å². The summed E-state index contributed by atoms with van der Waals surface area (Å²) in [6.45, 7) is 0.949. The number of hydrogen-bond acceptors (Lipinski definition) is 5. The van der Waals surface area contributed by atoms with Gasteiger partial charge in [0.2, 0.25) is 11.8 Å². The first-order valence-electron chi connectivity index (χ1n) is 9.75. The number of rotatable bonds is 3. The summed E-state index contributed by atoms with van der Waals surface area (Å²) >= 11 is 0. The molecule has 1 aliphatic heterocycles. The van der Waals surface area contributed by atoms with Crippen molar-refractivity contribution in [2.75, 3.05) is 26.8 Å². The fraction of sp³-hybridized carbons (Fsp3) is 0.550. The van der Waals surface area contributed by atoms with Gasteiger partial charge in [0, 0.05) is 18.5 Å². The van der Waals surface area contributed by atoms with E-state index in [1.54, 1.807) is 25.3 Å². The van der Waals surface area contributed by atoms with Crippen LogP contribution >= 0.6 is 0 Å². The van der Waals surface area contributed by atoms with Gasteiger partial charge in [-0.05, 0) is 44.2 Å². The lowest BCUT2D eigenvalue weighted by Gasteiger charge is -2.20. The van der Waals surface area contributed by atoms with E-state index in [1.165, 1.54) is 0 Å². The molecule has 1 fully saturated rings. The van der Waals surface area contributed by atoms with Gasteiger partial charge >= 0.3 is 0 Å². The molecule has 152 valence electrons. The normalized spacial score (nSPS) is 21.2. The predicted molar refractivity (Wildman–Crippen MR) is 102 cm³/mol. The molecule has 3 amide bonds. The zero-order valence-electron chi connectivity index (χ0n) is 16.1. The summed E-state index contributed by atoms with van der Waals surface area (Å²) in [7, 11) is 1.54. The Morgan fingerprint density at radius 2 is 1.96 bits per heavy atom. The minimum atomic E-state index is -0.556. The summed E-state index contributed by atoms with van der Waals surface area (Å²) < 4.78 is 10.9. The molecule has 1 aromatic rings. The van der Waals surface area contributed by atoms with E-state index in [0.717, 1.165) is 19.3 Å². The van der Waals surface area contributed by atoms with Crippen molar-refractivity contribution in [1.82, 2.24) is 16.0 Å². The number of amides is 3. The first kappa shape index (κ1) is 20.0. The van der Waals surface area contributed by atoms with E-state index >= 15 is 0 Å². The van der Waals surface area contributed by atoms with Gasteiger partial charge in [0.25, 0.3) is 5.91 Å². The number of benzene rings is 1. The van der Waals surface area contributed by atoms with Crippen molar-refractivity contribution >= 4 is 17.7 Å². The largest absolute Gasteiger partial charge is 0.497 e. The molecule has 8 heteroatoms. The fourth-order valence-corrected chi connectivity index (χ4v) is 3.07. The third kappa shape index (κ3) is 5.37. The van der Waals surface area contributed by atoms with Gasteiger partial charge in [-0.1, -0.05) is 0 Å². The second kappa shape index (κ2) is 9.43. The first-order valence-corrected chi connectivity index (χ1v) is 9.75. The van der Waals surface area contributed by atoms with Gasteiger partial charge in [0.05, 0.1) is 19.2 Å². The molecule has 1 saturated carbocycles. The fourth-order valence-electron chi connectivity index (χ4n) is 3.07. The van der Waals surface area contributed by atoms with E-state index in [2.05, 4.69) is 16.0 Å². The van der Waals surface area contributed by atoms with E-state index in [9.17, 15) is 14.4 Å². The molecular formula is C20H27N3O5. The standard InChI is InChI=1S/C20H27N3O5/c1-27-14-7-8-15-17(12-14)28-11-10-22-20(26)16(23-18(24)13-5-6-13)4-2-3-9-21-19(15)25/h7-8,12-13,16H,2-6,9-11H2,1H3,(H,21,25)(H,22,26)(H,23,24)/t16-/m0/s1. The third-order valence-electron chi connectivity index (χ3n) is 4.88. The van der Waals surface area contributed by atoms with Gasteiger partial charge in [-0.15, -0.1) is 0 Å². The van der Waals surface area contributed by atoms with Crippen LogP contribution in [-0.4, -0.2) is 50.6 Å². The van der Waals surface area contributed by atoms with E-state index in [-0.39, 0.29) is 36.8 Å². The molecule has 1 aromatic carbocycles. The Kier molecular flexibility index (Phi) is 6.73. The molecule has 3 N–H and O–H groups in total. The second-order valence-electron chi connectivity index (χ2n) is 7.09. The van der Waals surface area contributed by atoms with Crippen LogP contribution in [-0.2, 0) is 9.59 Å². The Morgan fingerprint density at radius 1 is 1.14 bits per heavy atom. The SMILES string of the molecule is COc1ccc2c(c1)OCCNC(=O)[C@@H](NC(=O)C1CC1)CCCCNC2=O. The number of fused-ring (bicyclic) bond motifs is 1. The van der Waals surface area contributed by atoms with Gasteiger partial charge in [-0.25, -0.2) is 0 Å². The third-order valence-corrected chi connectivity index (χ3v) is 4.88. The summed E-state index contributed by atoms with van der Waals surface area (Å²) in [6, 6.07) is 4.47. The topological polar surface area (TPSA) is 106 Å². The molecule has 1 aliphatic carbocycles. The van der Waals surface area contributed by atoms with Crippen LogP contribution in [0.4, 0.5) is 0 Å². The van der Waals surface area contributed by atoms with Crippen molar-refractivity contribution < 1.29 is 23.9 Å². The van der Waals surface area contributed by atoms with Gasteiger partial charge in [-0.3, -0.25) is 14.4 Å². The Bertz CT molecular complexity index is 733. The molecule has 0 unspecified atom stereocenters. The lowest BCUT2D eigenvalue weighted by atomic mass is 10.1. The van der Waals surface area contributed by atoms with Crippen LogP contribution < -0.4 is 25.4 Å². The summed E-state index contributed by atoms with van der Waals surface area (Å²) in [5, 5.41) is 8.54. The maximum atomic E-state index is 12.5. The van der Waals surface area contributed by atoms with Crippen molar-refractivity contribution in [2.24, 2.45) is 5.92 Å². The molecule has 0 radical (unpaired) electrons. The highest BCUT2D eigenvalue weighted by molar-refractivity contribution is 5.97. The average Bonchev–Trinajstić information content (AvgIpc) is 3.54. The van der Waals surface area contributed by atoms with E-state index in [0.29, 0.717) is 36.4 Å². The van der Waals surface area contributed by atoms with E-state index < -0.39 is 6.04 Å². The van der Waals surface area contributed by atoms with Gasteiger partial charge in [-0.2, -0.15) is 0 Å². The summed E-state index contributed by atoms with van der Waals surface area (Å²) in [5.41, 5.74) is 0.429. The maximum Gasteiger partial charge on any atom is 0.255 e. The number of nitrogens with one attached hydrogen (secondary N) is 3. The van der Waals surface area contributed by atoms with Crippen molar-refractivity contribution in [3.8, 4) is 11.5 Å². The molecule has 1 heterocycles. The molecule has 28 heavy (non-hydrogen) atoms. The maximum absolute atomic E-state index is 12.5. The minimum absolute atomic E-state index is 0.0492. The van der Waals surface area contributed by atoms with Crippen LogP contribution in [0.5, 0.6) is 11.5 Å². The minimum Gasteiger partial charge on any atom is -0.497 e. The summed E-state index contributed by atoms with van der Waals surface area (Å²) in [4.78, 5) is 37.0. The van der Waals surface area contributed by atoms with Crippen LogP contribution in [0.3, 0.4) is 0 Å². The van der Waals surface area contributed by atoms with Gasteiger partial charge < -0.3 is 25.4 Å². The predicted octanol–water partition coefficient (Wildman–Crippen LogP) is 0.999. The van der Waals surface area contributed by atoms with Crippen LogP contribution in [0.2, 0.25) is 0 Å². The Balaban J connectivity index is 1.66. The highest BCUT2D eigenvalue weighted by atomic mass is 16.5. The average molecular weight is 389 g/mol. The number of ether oxygens (including phenoxy) is 2. The smallest absolute Gasteiger partial charge is 0.255 e. The number of hydrogen-bond donors (Lipinski definition) is 3. The van der Waals surface area contributed by atoms with E-state index in [1.807, 2.05) is 0 Å². The van der Waals surface area contributed by atoms with Crippen LogP contribution in [0.25, 0.3) is 0 Å². The quantitative estimate of drug-likeness (QED) is 0.715. The highest BCUT2D eigenvalue weighted by Gasteiger charge is 2.32. The van der Waals surface area contributed by atoms with Crippen LogP contribution in [0.15, 0.2) is 18.2 Å². The Labute approximate surface area is 164 Å². The van der Waals surface area contributed by atoms with Crippen molar-refractivity contribution in [3.63, 3.8) is 0 Å². The zero-order valence-corrected chi connectivity index (χ0v) is 16.1. The van der Waals surface area contributed by atoms with Crippen LogP contribution in [0, 0.1) is 5.92 Å². The summed E-state index contributed by atoms with van der Waals surface area (Å²) in [5.74, 6) is 0.574. The summed E-state index contributed by atoms with van der Waals surface area (Å²) in [6.07, 6.45) is 3.75. The molecule has 0 bridgehead atoms. The van der Waals surface area contributed by atoms with Crippen molar-refractivity contribution in [3.05, 3.63) is 23.8 Å². The Hall–Kier alpha value is -2.77. The van der Waals surface area contributed by atoms with Crippen LogP contribution in [0.1, 0.15) is 42.5 Å². The first-order chi connectivity index (χ1) is 13.6. The molecule has 0 aromatic heterocycles. The molecule has 8 nitrogen and oxygen atoms in total. The number of methoxy groups -OCH3 is 1. The molecule has 2 aliphatic rings. The van der Waals surface area contributed by atoms with E-state index in [4.69, 9.17) is 9.47 Å². The highest BCUT2D eigenvalue weighted by Crippen LogP contribution is 2.29. The zero-order chi connectivity index (χ0) is 19.9. The molecular weight excluding hydrogens is 362 g/mol. The monoisotopic (exact) mass is 389 g/mol. The lowest BCUT2D eigenvalue weighted by molar-refractivity contribution is -0.129. The Morgan fingerprint density at radius 3 is 2.71 bits per heavy atom. The van der Waals surface area contributed by atoms with Gasteiger partial charge in [0.1, 0.15) is 24.1 Å². The number of carbonyl (C=O) groups is 3. The molecule has 0 spiro atoms. The molecule has 1 atom stereocenters. The molecule has 3 rings (SSSR count). The lowest BCUT2D eigenvalue weighted by Crippen LogP contribution is -2.48.